The number of hydrogen-bond acceptors (Lipinski definition) is 2. The molecule has 0 atom stereocenters. The lowest BCUT2D eigenvalue weighted by molar-refractivity contribution is -0.137. The lowest BCUT2D eigenvalue weighted by Gasteiger charge is -2.14. The number of nitrogen functional groups attached to an aromatic ring is 1. The predicted molar refractivity (Wildman–Crippen MR) is 80.6 cm³/mol. The lowest BCUT2D eigenvalue weighted by atomic mass is 10.2. The van der Waals surface area contributed by atoms with E-state index in [1.807, 2.05) is 0 Å². The van der Waals surface area contributed by atoms with E-state index >= 15 is 0 Å². The number of nitrogens with one attached hydrogen (secondary N) is 1. The summed E-state index contributed by atoms with van der Waals surface area (Å²) in [6.45, 7) is 0. The zero-order chi connectivity index (χ0) is 15.8. The van der Waals surface area contributed by atoms with Gasteiger partial charge in [-0.1, -0.05) is 34.8 Å². The van der Waals surface area contributed by atoms with Crippen molar-refractivity contribution in [3.8, 4) is 0 Å². The van der Waals surface area contributed by atoms with E-state index in [1.165, 1.54) is 18.2 Å². The molecule has 0 bridgehead atoms. The molecule has 0 fully saturated rings. The Bertz CT molecular complexity index is 687. The molecule has 0 radical (unpaired) electrons. The molecular formula is C13H8Cl3F3N2. The maximum absolute atomic E-state index is 12.6. The smallest absolute Gasteiger partial charge is 0.397 e. The minimum absolute atomic E-state index is 0.0877. The van der Waals surface area contributed by atoms with Crippen LogP contribution < -0.4 is 11.1 Å². The van der Waals surface area contributed by atoms with Crippen LogP contribution in [0.1, 0.15) is 5.56 Å². The molecule has 0 amide bonds. The molecular weight excluding hydrogens is 348 g/mol. The molecule has 0 saturated carbocycles. The van der Waals surface area contributed by atoms with Gasteiger partial charge in [0, 0.05) is 0 Å². The molecule has 2 aromatic rings. The summed E-state index contributed by atoms with van der Waals surface area (Å²) in [4.78, 5) is 0. The summed E-state index contributed by atoms with van der Waals surface area (Å²) >= 11 is 17.5. The summed E-state index contributed by atoms with van der Waals surface area (Å²) in [6, 6.07) is 5.87. The van der Waals surface area contributed by atoms with Gasteiger partial charge in [-0.25, -0.2) is 0 Å². The zero-order valence-electron chi connectivity index (χ0n) is 10.2. The van der Waals surface area contributed by atoms with Crippen LogP contribution in [0.4, 0.5) is 30.2 Å². The van der Waals surface area contributed by atoms with Crippen molar-refractivity contribution in [1.82, 2.24) is 0 Å². The first kappa shape index (κ1) is 16.1. The highest BCUT2D eigenvalue weighted by Gasteiger charge is 2.30. The Hall–Kier alpha value is -1.30. The van der Waals surface area contributed by atoms with Gasteiger partial charge in [-0.2, -0.15) is 13.2 Å². The van der Waals surface area contributed by atoms with Crippen molar-refractivity contribution >= 4 is 51.9 Å². The number of hydrogen-bond donors (Lipinski definition) is 2. The SMILES string of the molecule is Nc1cc(Cl)c(Cl)cc1Nc1ccc(C(F)(F)F)cc1Cl. The average molecular weight is 356 g/mol. The molecule has 0 saturated heterocycles. The molecule has 3 N–H and O–H groups in total. The van der Waals surface area contributed by atoms with Crippen molar-refractivity contribution in [3.05, 3.63) is 51.0 Å². The Balaban J connectivity index is 2.35. The fraction of sp³-hybridized carbons (Fsp3) is 0.0769. The molecule has 112 valence electrons. The van der Waals surface area contributed by atoms with Crippen LogP contribution in [-0.4, -0.2) is 0 Å². The Kier molecular flexibility index (Phi) is 4.46. The fourth-order valence-corrected chi connectivity index (χ4v) is 2.17. The first-order valence-corrected chi connectivity index (χ1v) is 6.70. The third-order valence-corrected chi connectivity index (χ3v) is 3.69. The van der Waals surface area contributed by atoms with Crippen LogP contribution in [-0.2, 0) is 6.18 Å². The Morgan fingerprint density at radius 1 is 0.857 bits per heavy atom. The van der Waals surface area contributed by atoms with Crippen molar-refractivity contribution < 1.29 is 13.2 Å². The summed E-state index contributed by atoms with van der Waals surface area (Å²) in [6.07, 6.45) is -4.45. The van der Waals surface area contributed by atoms with E-state index in [1.54, 1.807) is 0 Å². The quantitative estimate of drug-likeness (QED) is 0.649. The number of anilines is 3. The van der Waals surface area contributed by atoms with Gasteiger partial charge in [-0.15, -0.1) is 0 Å². The largest absolute Gasteiger partial charge is 0.416 e. The van der Waals surface area contributed by atoms with Crippen molar-refractivity contribution in [2.24, 2.45) is 0 Å². The van der Waals surface area contributed by atoms with Gasteiger partial charge >= 0.3 is 6.18 Å². The number of nitrogens with two attached hydrogens (primary N) is 1. The second-order valence-electron chi connectivity index (χ2n) is 4.17. The standard InChI is InChI=1S/C13H8Cl3F3N2/c14-7-4-10(20)12(5-8(7)15)21-11-2-1-6(3-9(11)16)13(17,18)19/h1-5,21H,20H2. The van der Waals surface area contributed by atoms with E-state index in [0.29, 0.717) is 11.4 Å². The summed E-state index contributed by atoms with van der Waals surface area (Å²) in [5.41, 5.74) is 5.88. The van der Waals surface area contributed by atoms with E-state index in [4.69, 9.17) is 40.5 Å². The summed E-state index contributed by atoms with van der Waals surface area (Å²) < 4.78 is 37.7. The van der Waals surface area contributed by atoms with Crippen LogP contribution in [0.3, 0.4) is 0 Å². The minimum Gasteiger partial charge on any atom is -0.397 e. The third-order valence-electron chi connectivity index (χ3n) is 2.66. The molecule has 21 heavy (non-hydrogen) atoms. The lowest BCUT2D eigenvalue weighted by Crippen LogP contribution is -2.05. The van der Waals surface area contributed by atoms with Crippen LogP contribution in [0.2, 0.25) is 15.1 Å². The summed E-state index contributed by atoms with van der Waals surface area (Å²) in [5.74, 6) is 0. The predicted octanol–water partition coefficient (Wildman–Crippen LogP) is 5.99. The van der Waals surface area contributed by atoms with E-state index < -0.39 is 11.7 Å². The highest BCUT2D eigenvalue weighted by Crippen LogP contribution is 2.37. The van der Waals surface area contributed by atoms with Crippen LogP contribution in [0, 0.1) is 0 Å². The van der Waals surface area contributed by atoms with Crippen molar-refractivity contribution in [2.45, 2.75) is 6.18 Å². The molecule has 0 spiro atoms. The fourth-order valence-electron chi connectivity index (χ4n) is 1.61. The van der Waals surface area contributed by atoms with Gasteiger partial charge in [0.25, 0.3) is 0 Å². The number of benzene rings is 2. The maximum atomic E-state index is 12.6. The van der Waals surface area contributed by atoms with Crippen LogP contribution in [0.5, 0.6) is 0 Å². The number of alkyl halides is 3. The highest BCUT2D eigenvalue weighted by molar-refractivity contribution is 6.42. The van der Waals surface area contributed by atoms with Crippen LogP contribution >= 0.6 is 34.8 Å². The first-order valence-electron chi connectivity index (χ1n) is 5.57. The van der Waals surface area contributed by atoms with Gasteiger partial charge in [-0.05, 0) is 30.3 Å². The second-order valence-corrected chi connectivity index (χ2v) is 5.39. The molecule has 2 rings (SSSR count). The first-order chi connectivity index (χ1) is 9.68. The van der Waals surface area contributed by atoms with E-state index in [0.717, 1.165) is 12.1 Å². The van der Waals surface area contributed by atoms with Crippen molar-refractivity contribution in [2.75, 3.05) is 11.1 Å². The number of rotatable bonds is 2. The number of halogens is 6. The monoisotopic (exact) mass is 354 g/mol. The van der Waals surface area contributed by atoms with Crippen LogP contribution in [0.15, 0.2) is 30.3 Å². The zero-order valence-corrected chi connectivity index (χ0v) is 12.5. The van der Waals surface area contributed by atoms with E-state index in [9.17, 15) is 13.2 Å². The summed E-state index contributed by atoms with van der Waals surface area (Å²) in [7, 11) is 0. The topological polar surface area (TPSA) is 38.0 Å². The molecule has 0 aliphatic heterocycles. The minimum atomic E-state index is -4.45. The molecule has 0 aliphatic carbocycles. The van der Waals surface area contributed by atoms with Gasteiger partial charge < -0.3 is 11.1 Å². The van der Waals surface area contributed by atoms with Gasteiger partial charge in [-0.3, -0.25) is 0 Å². The molecule has 8 heteroatoms. The van der Waals surface area contributed by atoms with Gasteiger partial charge in [0.05, 0.1) is 37.7 Å². The molecule has 0 heterocycles. The maximum Gasteiger partial charge on any atom is 0.416 e. The molecule has 2 aromatic carbocycles. The van der Waals surface area contributed by atoms with Crippen molar-refractivity contribution in [3.63, 3.8) is 0 Å². The Morgan fingerprint density at radius 2 is 1.48 bits per heavy atom. The van der Waals surface area contributed by atoms with E-state index in [2.05, 4.69) is 5.32 Å². The average Bonchev–Trinajstić information content (AvgIpc) is 2.36. The molecule has 0 aliphatic rings. The van der Waals surface area contributed by atoms with Gasteiger partial charge in [0.2, 0.25) is 0 Å². The second kappa shape index (κ2) is 5.83. The van der Waals surface area contributed by atoms with Crippen molar-refractivity contribution in [1.29, 1.82) is 0 Å². The Labute approximate surface area is 133 Å². The highest BCUT2D eigenvalue weighted by atomic mass is 35.5. The van der Waals surface area contributed by atoms with Gasteiger partial charge in [0.1, 0.15) is 0 Å². The van der Waals surface area contributed by atoms with Crippen LogP contribution in [0.25, 0.3) is 0 Å². The Morgan fingerprint density at radius 3 is 2.05 bits per heavy atom. The molecule has 2 nitrogen and oxygen atoms in total. The summed E-state index contributed by atoms with van der Waals surface area (Å²) in [5, 5.41) is 3.27. The van der Waals surface area contributed by atoms with Gasteiger partial charge in [0.15, 0.2) is 0 Å². The van der Waals surface area contributed by atoms with E-state index in [-0.39, 0.29) is 20.8 Å². The molecule has 0 aromatic heterocycles. The normalized spacial score (nSPS) is 11.5. The molecule has 0 unspecified atom stereocenters. The third kappa shape index (κ3) is 3.67.